The SMILES string of the molecule is Nc1[nH]c(=O)c(C(=O)O)c(-c2c(Cl)ccc([N+](=O)[O-])c2Cl)c1C(=O)O. The molecule has 0 amide bonds. The lowest BCUT2D eigenvalue weighted by Gasteiger charge is -2.14. The molecule has 0 atom stereocenters. The molecule has 0 radical (unpaired) electrons. The minimum Gasteiger partial charge on any atom is -0.478 e. The van der Waals surface area contributed by atoms with Crippen LogP contribution in [0, 0.1) is 10.1 Å². The lowest BCUT2D eigenvalue weighted by Crippen LogP contribution is -2.24. The first-order valence-electron chi connectivity index (χ1n) is 6.23. The maximum atomic E-state index is 12.0. The van der Waals surface area contributed by atoms with Crippen LogP contribution in [-0.4, -0.2) is 32.1 Å². The topological polar surface area (TPSA) is 177 Å². The van der Waals surface area contributed by atoms with Crippen LogP contribution in [-0.2, 0) is 0 Å². The summed E-state index contributed by atoms with van der Waals surface area (Å²) < 4.78 is 0. The van der Waals surface area contributed by atoms with Crippen LogP contribution in [0.1, 0.15) is 20.7 Å². The number of benzene rings is 1. The van der Waals surface area contributed by atoms with Gasteiger partial charge in [-0.25, -0.2) is 9.59 Å². The van der Waals surface area contributed by atoms with Crippen molar-refractivity contribution in [2.45, 2.75) is 0 Å². The molecule has 1 aromatic heterocycles. The number of aromatic carboxylic acids is 2. The van der Waals surface area contributed by atoms with Crippen LogP contribution in [0.4, 0.5) is 11.5 Å². The Morgan fingerprint density at radius 3 is 2.16 bits per heavy atom. The average molecular weight is 388 g/mol. The Balaban J connectivity index is 3.15. The molecule has 0 aliphatic heterocycles. The summed E-state index contributed by atoms with van der Waals surface area (Å²) in [6.45, 7) is 0. The third-order valence-electron chi connectivity index (χ3n) is 3.19. The first-order valence-corrected chi connectivity index (χ1v) is 6.98. The molecule has 1 heterocycles. The quantitative estimate of drug-likeness (QED) is 0.455. The van der Waals surface area contributed by atoms with Crippen LogP contribution in [0.5, 0.6) is 0 Å². The fraction of sp³-hybridized carbons (Fsp3) is 0. The zero-order chi connectivity index (χ0) is 19.0. The summed E-state index contributed by atoms with van der Waals surface area (Å²) in [6.07, 6.45) is 0. The highest BCUT2D eigenvalue weighted by molar-refractivity contribution is 6.41. The van der Waals surface area contributed by atoms with Gasteiger partial charge in [0.1, 0.15) is 22.0 Å². The standard InChI is InChI=1S/C13H7Cl2N3O7/c14-3-1-2-4(18(24)25)9(15)5(3)6-7(12(20)21)10(16)17-11(19)8(6)13(22)23/h1-2H,(H,20,21)(H,22,23)(H3,16,17,19). The summed E-state index contributed by atoms with van der Waals surface area (Å²) in [5, 5.41) is 28.8. The molecule has 12 heteroatoms. The van der Waals surface area contributed by atoms with E-state index >= 15 is 0 Å². The van der Waals surface area contributed by atoms with Gasteiger partial charge in [-0.2, -0.15) is 0 Å². The number of nitrogens with two attached hydrogens (primary N) is 1. The lowest BCUT2D eigenvalue weighted by molar-refractivity contribution is -0.384. The van der Waals surface area contributed by atoms with Gasteiger partial charge >= 0.3 is 11.9 Å². The number of carboxylic acid groups (broad SMARTS) is 2. The number of pyridine rings is 1. The normalized spacial score (nSPS) is 10.5. The van der Waals surface area contributed by atoms with Crippen LogP contribution in [0.25, 0.3) is 11.1 Å². The molecule has 2 rings (SSSR count). The zero-order valence-electron chi connectivity index (χ0n) is 11.9. The van der Waals surface area contributed by atoms with E-state index < -0.39 is 61.2 Å². The number of H-pyrrole nitrogens is 1. The number of anilines is 1. The van der Waals surface area contributed by atoms with Crippen LogP contribution in [0.15, 0.2) is 16.9 Å². The molecular weight excluding hydrogens is 381 g/mol. The number of nitrogen functional groups attached to an aromatic ring is 1. The van der Waals surface area contributed by atoms with Gasteiger partial charge in [0.2, 0.25) is 0 Å². The summed E-state index contributed by atoms with van der Waals surface area (Å²) in [6, 6.07) is 1.97. The molecular formula is C13H7Cl2N3O7. The average Bonchev–Trinajstić information content (AvgIpc) is 2.45. The second kappa shape index (κ2) is 6.42. The van der Waals surface area contributed by atoms with Gasteiger partial charge in [0.25, 0.3) is 11.2 Å². The highest BCUT2D eigenvalue weighted by atomic mass is 35.5. The number of nitro benzene ring substituents is 1. The van der Waals surface area contributed by atoms with E-state index in [2.05, 4.69) is 0 Å². The van der Waals surface area contributed by atoms with E-state index in [0.717, 1.165) is 12.1 Å². The number of aromatic nitrogens is 1. The number of nitro groups is 1. The Morgan fingerprint density at radius 2 is 1.68 bits per heavy atom. The van der Waals surface area contributed by atoms with E-state index in [1.54, 1.807) is 0 Å². The van der Waals surface area contributed by atoms with Gasteiger partial charge in [-0.3, -0.25) is 14.9 Å². The van der Waals surface area contributed by atoms with Gasteiger partial charge in [0, 0.05) is 17.2 Å². The summed E-state index contributed by atoms with van der Waals surface area (Å²) in [5.41, 5.74) is 0.560. The maximum absolute atomic E-state index is 12.0. The fourth-order valence-electron chi connectivity index (χ4n) is 2.21. The largest absolute Gasteiger partial charge is 0.478 e. The fourth-order valence-corrected chi connectivity index (χ4v) is 2.84. The summed E-state index contributed by atoms with van der Waals surface area (Å²) in [4.78, 5) is 47.0. The number of carboxylic acids is 2. The van der Waals surface area contributed by atoms with Crippen LogP contribution >= 0.6 is 23.2 Å². The van der Waals surface area contributed by atoms with Crippen molar-refractivity contribution in [3.05, 3.63) is 53.8 Å². The van der Waals surface area contributed by atoms with Crippen molar-refractivity contribution in [1.82, 2.24) is 4.98 Å². The molecule has 25 heavy (non-hydrogen) atoms. The molecule has 0 fully saturated rings. The Hall–Kier alpha value is -3.11. The van der Waals surface area contributed by atoms with Crippen molar-refractivity contribution in [3.63, 3.8) is 0 Å². The number of nitrogens with one attached hydrogen (secondary N) is 1. The Bertz CT molecular complexity index is 1000. The van der Waals surface area contributed by atoms with Crippen molar-refractivity contribution < 1.29 is 24.7 Å². The van der Waals surface area contributed by atoms with E-state index in [-0.39, 0.29) is 5.02 Å². The highest BCUT2D eigenvalue weighted by Gasteiger charge is 2.31. The minimum absolute atomic E-state index is 0.300. The van der Waals surface area contributed by atoms with Gasteiger partial charge in [0.15, 0.2) is 0 Å². The second-order valence-corrected chi connectivity index (χ2v) is 5.40. The molecule has 1 aromatic carbocycles. The Morgan fingerprint density at radius 1 is 1.12 bits per heavy atom. The van der Waals surface area contributed by atoms with Gasteiger partial charge < -0.3 is 20.9 Å². The molecule has 5 N–H and O–H groups in total. The number of halogens is 2. The van der Waals surface area contributed by atoms with Gasteiger partial charge in [0.05, 0.1) is 9.95 Å². The predicted octanol–water partition coefficient (Wildman–Crippen LogP) is 2.24. The Labute approximate surface area is 147 Å². The minimum atomic E-state index is -1.79. The van der Waals surface area contributed by atoms with E-state index in [1.807, 2.05) is 4.98 Å². The lowest BCUT2D eigenvalue weighted by atomic mass is 9.95. The smallest absolute Gasteiger partial charge is 0.342 e. The number of rotatable bonds is 4. The molecule has 0 spiro atoms. The molecule has 2 aromatic rings. The van der Waals surface area contributed by atoms with E-state index in [0.29, 0.717) is 0 Å². The number of hydrogen-bond donors (Lipinski definition) is 4. The third-order valence-corrected chi connectivity index (χ3v) is 3.89. The molecule has 0 unspecified atom stereocenters. The number of nitrogens with zero attached hydrogens (tertiary/aromatic N) is 1. The first-order chi connectivity index (χ1) is 11.6. The molecule has 0 saturated carbocycles. The maximum Gasteiger partial charge on any atom is 0.342 e. The summed E-state index contributed by atoms with van der Waals surface area (Å²) in [7, 11) is 0. The molecule has 0 aliphatic rings. The summed E-state index contributed by atoms with van der Waals surface area (Å²) >= 11 is 11.9. The van der Waals surface area contributed by atoms with E-state index in [4.69, 9.17) is 28.9 Å². The van der Waals surface area contributed by atoms with Crippen molar-refractivity contribution in [2.75, 3.05) is 5.73 Å². The van der Waals surface area contributed by atoms with E-state index in [1.165, 1.54) is 0 Å². The van der Waals surface area contributed by atoms with Crippen molar-refractivity contribution in [2.24, 2.45) is 0 Å². The van der Waals surface area contributed by atoms with Crippen molar-refractivity contribution >= 4 is 46.6 Å². The zero-order valence-corrected chi connectivity index (χ0v) is 13.4. The molecule has 130 valence electrons. The Kier molecular flexibility index (Phi) is 4.68. The van der Waals surface area contributed by atoms with Crippen LogP contribution in [0.2, 0.25) is 10.0 Å². The van der Waals surface area contributed by atoms with Gasteiger partial charge in [-0.15, -0.1) is 0 Å². The second-order valence-electron chi connectivity index (χ2n) is 4.62. The molecule has 0 saturated heterocycles. The van der Waals surface area contributed by atoms with Crippen molar-refractivity contribution in [1.29, 1.82) is 0 Å². The van der Waals surface area contributed by atoms with E-state index in [9.17, 15) is 34.7 Å². The van der Waals surface area contributed by atoms with Crippen LogP contribution in [0.3, 0.4) is 0 Å². The molecule has 0 bridgehead atoms. The highest BCUT2D eigenvalue weighted by Crippen LogP contribution is 2.43. The monoisotopic (exact) mass is 387 g/mol. The third kappa shape index (κ3) is 2.99. The number of carbonyl (C=O) groups is 2. The number of hydrogen-bond acceptors (Lipinski definition) is 6. The van der Waals surface area contributed by atoms with Crippen LogP contribution < -0.4 is 11.3 Å². The molecule has 10 nitrogen and oxygen atoms in total. The van der Waals surface area contributed by atoms with Gasteiger partial charge in [-0.1, -0.05) is 23.2 Å². The number of aromatic amines is 1. The molecule has 0 aliphatic carbocycles. The predicted molar refractivity (Wildman–Crippen MR) is 87.5 cm³/mol. The van der Waals surface area contributed by atoms with Gasteiger partial charge in [-0.05, 0) is 6.07 Å². The first kappa shape index (κ1) is 18.2. The summed E-state index contributed by atoms with van der Waals surface area (Å²) in [5.74, 6) is -4.14. The van der Waals surface area contributed by atoms with Crippen molar-refractivity contribution in [3.8, 4) is 11.1 Å².